The second-order valence-corrected chi connectivity index (χ2v) is 2.37. The van der Waals surface area contributed by atoms with Crippen LogP contribution in [0.4, 0.5) is 4.79 Å². The lowest BCUT2D eigenvalue weighted by atomic mass is 10.2. The lowest BCUT2D eigenvalue weighted by Crippen LogP contribution is -2.36. The molecule has 0 aliphatic heterocycles. The van der Waals surface area contributed by atoms with Gasteiger partial charge in [-0.05, 0) is 13.3 Å². The third-order valence-electron chi connectivity index (χ3n) is 1.50. The molecule has 0 radical (unpaired) electrons. The molecule has 0 aromatic heterocycles. The highest BCUT2D eigenvalue weighted by molar-refractivity contribution is 6.18. The van der Waals surface area contributed by atoms with Crippen molar-refractivity contribution in [3.05, 3.63) is 0 Å². The Kier molecular flexibility index (Phi) is 4.19. The van der Waals surface area contributed by atoms with Crippen LogP contribution in [0.2, 0.25) is 0 Å². The molecule has 0 unspecified atom stereocenters. The van der Waals surface area contributed by atoms with E-state index in [0.29, 0.717) is 0 Å². The minimum atomic E-state index is -0.954. The Labute approximate surface area is 65.6 Å². The van der Waals surface area contributed by atoms with Crippen molar-refractivity contribution >= 4 is 17.7 Å². The quantitative estimate of drug-likeness (QED) is 0.513. The van der Waals surface area contributed by atoms with Crippen molar-refractivity contribution in [2.24, 2.45) is 0 Å². The van der Waals surface area contributed by atoms with Gasteiger partial charge >= 0.3 is 6.09 Å². The van der Waals surface area contributed by atoms with E-state index in [4.69, 9.17) is 16.7 Å². The van der Waals surface area contributed by atoms with Gasteiger partial charge in [0, 0.05) is 6.04 Å². The fourth-order valence-corrected chi connectivity index (χ4v) is 0.916. The summed E-state index contributed by atoms with van der Waals surface area (Å²) >= 11 is 5.38. The van der Waals surface area contributed by atoms with Gasteiger partial charge in [0.2, 0.25) is 0 Å². The Morgan fingerprint density at radius 1 is 1.80 bits per heavy atom. The van der Waals surface area contributed by atoms with Crippen LogP contribution < -0.4 is 0 Å². The summed E-state index contributed by atoms with van der Waals surface area (Å²) in [6, 6.07) is 0.0552. The van der Waals surface area contributed by atoms with E-state index in [1.807, 2.05) is 13.8 Å². The van der Waals surface area contributed by atoms with E-state index in [2.05, 4.69) is 0 Å². The van der Waals surface area contributed by atoms with Crippen LogP contribution in [0.15, 0.2) is 0 Å². The van der Waals surface area contributed by atoms with Crippen molar-refractivity contribution in [3.8, 4) is 0 Å². The lowest BCUT2D eigenvalue weighted by Gasteiger charge is -2.22. The molecule has 0 heterocycles. The van der Waals surface area contributed by atoms with Crippen LogP contribution in [0.1, 0.15) is 20.3 Å². The monoisotopic (exact) mass is 165 g/mol. The van der Waals surface area contributed by atoms with Gasteiger partial charge in [-0.2, -0.15) is 0 Å². The average molecular weight is 166 g/mol. The number of hydrogen-bond donors (Lipinski definition) is 1. The summed E-state index contributed by atoms with van der Waals surface area (Å²) < 4.78 is 0. The van der Waals surface area contributed by atoms with Crippen LogP contribution in [0, 0.1) is 0 Å². The van der Waals surface area contributed by atoms with Gasteiger partial charge in [-0.1, -0.05) is 6.92 Å². The molecule has 1 atom stereocenters. The molecule has 0 aliphatic carbocycles. The van der Waals surface area contributed by atoms with E-state index in [0.717, 1.165) is 6.42 Å². The first kappa shape index (κ1) is 9.56. The number of halogens is 1. The number of hydrogen-bond acceptors (Lipinski definition) is 1. The summed E-state index contributed by atoms with van der Waals surface area (Å²) in [7, 11) is 0. The maximum atomic E-state index is 10.4. The first-order valence-corrected chi connectivity index (χ1v) is 3.72. The van der Waals surface area contributed by atoms with Gasteiger partial charge in [-0.15, -0.1) is 11.6 Å². The third-order valence-corrected chi connectivity index (χ3v) is 1.75. The molecule has 3 nitrogen and oxygen atoms in total. The summed E-state index contributed by atoms with van der Waals surface area (Å²) in [6.07, 6.45) is -0.164. The predicted octanol–water partition coefficient (Wildman–Crippen LogP) is 1.96. The number of carboxylic acid groups (broad SMARTS) is 1. The highest BCUT2D eigenvalue weighted by Crippen LogP contribution is 2.04. The number of alkyl halides is 1. The van der Waals surface area contributed by atoms with E-state index in [1.54, 1.807) is 0 Å². The normalized spacial score (nSPS) is 12.7. The minimum absolute atomic E-state index is 0.00926. The maximum Gasteiger partial charge on any atom is 0.408 e. The SMILES string of the molecule is CC[C@H](C)N(CCl)C(=O)O. The molecule has 0 saturated carbocycles. The molecule has 0 aromatic carbocycles. The molecular weight excluding hydrogens is 154 g/mol. The van der Waals surface area contributed by atoms with Gasteiger partial charge in [-0.3, -0.25) is 4.90 Å². The van der Waals surface area contributed by atoms with E-state index in [1.165, 1.54) is 4.90 Å². The van der Waals surface area contributed by atoms with E-state index < -0.39 is 6.09 Å². The molecule has 0 saturated heterocycles. The zero-order valence-electron chi connectivity index (χ0n) is 6.17. The predicted molar refractivity (Wildman–Crippen MR) is 40.3 cm³/mol. The average Bonchev–Trinajstić information content (AvgIpc) is 1.88. The van der Waals surface area contributed by atoms with Crippen molar-refractivity contribution in [2.45, 2.75) is 26.3 Å². The fourth-order valence-electron chi connectivity index (χ4n) is 0.578. The number of rotatable bonds is 3. The zero-order valence-corrected chi connectivity index (χ0v) is 6.93. The summed E-state index contributed by atoms with van der Waals surface area (Å²) in [6.45, 7) is 3.75. The molecule has 0 aliphatic rings. The standard InChI is InChI=1S/C6H12ClNO2/c1-3-5(2)8(4-7)6(9)10/h5H,3-4H2,1-2H3,(H,9,10)/t5-/m0/s1. The number of nitrogens with zero attached hydrogens (tertiary/aromatic N) is 1. The minimum Gasteiger partial charge on any atom is -0.465 e. The topological polar surface area (TPSA) is 40.5 Å². The van der Waals surface area contributed by atoms with Gasteiger partial charge in [0.05, 0.1) is 6.00 Å². The van der Waals surface area contributed by atoms with Gasteiger partial charge in [0.1, 0.15) is 0 Å². The summed E-state index contributed by atoms with van der Waals surface area (Å²) in [5.41, 5.74) is 0. The first-order chi connectivity index (χ1) is 4.63. The lowest BCUT2D eigenvalue weighted by molar-refractivity contribution is 0.137. The van der Waals surface area contributed by atoms with Gasteiger partial charge in [-0.25, -0.2) is 4.79 Å². The molecule has 1 N–H and O–H groups in total. The number of carbonyl (C=O) groups is 1. The second-order valence-electron chi connectivity index (χ2n) is 2.13. The van der Waals surface area contributed by atoms with E-state index in [9.17, 15) is 4.79 Å². The van der Waals surface area contributed by atoms with Crippen molar-refractivity contribution < 1.29 is 9.90 Å². The van der Waals surface area contributed by atoms with E-state index >= 15 is 0 Å². The van der Waals surface area contributed by atoms with Crippen molar-refractivity contribution in [2.75, 3.05) is 6.00 Å². The molecule has 0 rings (SSSR count). The Hall–Kier alpha value is -0.440. The molecule has 0 fully saturated rings. The number of amides is 1. The van der Waals surface area contributed by atoms with Crippen LogP contribution in [0.3, 0.4) is 0 Å². The fraction of sp³-hybridized carbons (Fsp3) is 0.833. The third kappa shape index (κ3) is 2.43. The molecule has 4 heteroatoms. The largest absolute Gasteiger partial charge is 0.465 e. The summed E-state index contributed by atoms with van der Waals surface area (Å²) in [5.74, 6) is 0. The van der Waals surface area contributed by atoms with Crippen molar-refractivity contribution in [1.29, 1.82) is 0 Å². The van der Waals surface area contributed by atoms with Gasteiger partial charge < -0.3 is 5.11 Å². The summed E-state index contributed by atoms with van der Waals surface area (Å²) in [5, 5.41) is 8.52. The van der Waals surface area contributed by atoms with Crippen molar-refractivity contribution in [3.63, 3.8) is 0 Å². The summed E-state index contributed by atoms with van der Waals surface area (Å²) in [4.78, 5) is 11.6. The van der Waals surface area contributed by atoms with Crippen LogP contribution >= 0.6 is 11.6 Å². The van der Waals surface area contributed by atoms with Crippen LogP contribution in [0.5, 0.6) is 0 Å². The van der Waals surface area contributed by atoms with Crippen LogP contribution in [-0.2, 0) is 0 Å². The Morgan fingerprint density at radius 2 is 2.30 bits per heavy atom. The highest BCUT2D eigenvalue weighted by Gasteiger charge is 2.15. The van der Waals surface area contributed by atoms with Crippen LogP contribution in [0.25, 0.3) is 0 Å². The molecule has 1 amide bonds. The molecule has 60 valence electrons. The second kappa shape index (κ2) is 4.39. The van der Waals surface area contributed by atoms with Crippen LogP contribution in [-0.4, -0.2) is 28.1 Å². The highest BCUT2D eigenvalue weighted by atomic mass is 35.5. The molecule has 0 spiro atoms. The Balaban J connectivity index is 3.92. The molecule has 10 heavy (non-hydrogen) atoms. The Bertz CT molecular complexity index is 118. The van der Waals surface area contributed by atoms with Gasteiger partial charge in [0.15, 0.2) is 0 Å². The van der Waals surface area contributed by atoms with Crippen molar-refractivity contribution in [1.82, 2.24) is 4.90 Å². The zero-order chi connectivity index (χ0) is 8.15. The molecular formula is C6H12ClNO2. The molecule has 0 bridgehead atoms. The first-order valence-electron chi connectivity index (χ1n) is 3.19. The molecule has 0 aromatic rings. The van der Waals surface area contributed by atoms with Gasteiger partial charge in [0.25, 0.3) is 0 Å². The maximum absolute atomic E-state index is 10.4. The Morgan fingerprint density at radius 3 is 2.40 bits per heavy atom. The smallest absolute Gasteiger partial charge is 0.408 e. The van der Waals surface area contributed by atoms with E-state index in [-0.39, 0.29) is 12.0 Å².